The number of carbonyl (C=O) groups is 1. The summed E-state index contributed by atoms with van der Waals surface area (Å²) in [5.74, 6) is -1.15. The zero-order valence-corrected chi connectivity index (χ0v) is 7.32. The molecule has 0 saturated heterocycles. The number of halogens is 1. The van der Waals surface area contributed by atoms with Gasteiger partial charge in [-0.15, -0.1) is 11.8 Å². The molecule has 0 radical (unpaired) electrons. The van der Waals surface area contributed by atoms with Crippen molar-refractivity contribution in [1.29, 1.82) is 0 Å². The van der Waals surface area contributed by atoms with E-state index in [1.165, 1.54) is 0 Å². The van der Waals surface area contributed by atoms with E-state index in [-0.39, 0.29) is 0 Å². The molecule has 0 saturated carbocycles. The number of aliphatic carboxylic acids is 1. The highest BCUT2D eigenvalue weighted by atomic mass is 32.2. The van der Waals surface area contributed by atoms with Crippen LogP contribution in [0, 0.1) is 0 Å². The maximum atomic E-state index is 12.4. The molecule has 66 valence electrons. The van der Waals surface area contributed by atoms with Crippen LogP contribution in [0.5, 0.6) is 0 Å². The summed E-state index contributed by atoms with van der Waals surface area (Å²) < 4.78 is 12.4. The summed E-state index contributed by atoms with van der Waals surface area (Å²) in [5.41, 5.74) is 3.12. The Morgan fingerprint density at radius 1 is 1.82 bits per heavy atom. The Kier molecular flexibility index (Phi) is 3.82. The Morgan fingerprint density at radius 3 is 2.55 bits per heavy atom. The summed E-state index contributed by atoms with van der Waals surface area (Å²) in [6, 6.07) is 0. The van der Waals surface area contributed by atoms with E-state index in [4.69, 9.17) is 10.8 Å². The summed E-state index contributed by atoms with van der Waals surface area (Å²) in [5, 5.41) is 8.14. The van der Waals surface area contributed by atoms with Crippen LogP contribution >= 0.6 is 11.8 Å². The zero-order valence-electron chi connectivity index (χ0n) is 6.50. The molecule has 3 nitrogen and oxygen atoms in total. The quantitative estimate of drug-likeness (QED) is 0.674. The summed E-state index contributed by atoms with van der Waals surface area (Å²) in [4.78, 5) is 9.98. The molecule has 1 atom stereocenters. The number of thioether (sulfide) groups is 1. The topological polar surface area (TPSA) is 63.3 Å². The van der Waals surface area contributed by atoms with Gasteiger partial charge in [-0.25, -0.2) is 9.18 Å². The van der Waals surface area contributed by atoms with Gasteiger partial charge in [0, 0.05) is 11.3 Å². The van der Waals surface area contributed by atoms with Crippen molar-refractivity contribution in [3.8, 4) is 0 Å². The molecule has 11 heavy (non-hydrogen) atoms. The van der Waals surface area contributed by atoms with Gasteiger partial charge < -0.3 is 10.8 Å². The van der Waals surface area contributed by atoms with Crippen LogP contribution in [0.1, 0.15) is 13.8 Å². The maximum absolute atomic E-state index is 12.4. The lowest BCUT2D eigenvalue weighted by atomic mass is 10.1. The molecule has 1 unspecified atom stereocenters. The van der Waals surface area contributed by atoms with E-state index in [9.17, 15) is 9.18 Å². The molecule has 0 aromatic carbocycles. The van der Waals surface area contributed by atoms with Crippen molar-refractivity contribution in [3.63, 3.8) is 0 Å². The summed E-state index contributed by atoms with van der Waals surface area (Å²) in [6.45, 7) is 3.43. The standard InChI is InChI=1S/C6H12FNO2S/c1-6(2,8)3-11-4(7)5(9)10/h4H,3,8H2,1-2H3,(H,9,10). The fourth-order valence-electron chi connectivity index (χ4n) is 0.359. The second kappa shape index (κ2) is 3.92. The Balaban J connectivity index is 3.63. The van der Waals surface area contributed by atoms with Crippen molar-refractivity contribution in [3.05, 3.63) is 0 Å². The molecule has 0 amide bonds. The smallest absolute Gasteiger partial charge is 0.348 e. The molecule has 0 aliphatic rings. The van der Waals surface area contributed by atoms with Crippen LogP contribution in [0.15, 0.2) is 0 Å². The lowest BCUT2D eigenvalue weighted by Crippen LogP contribution is -2.35. The highest BCUT2D eigenvalue weighted by Gasteiger charge is 2.20. The van der Waals surface area contributed by atoms with Crippen LogP contribution in [0.3, 0.4) is 0 Å². The Morgan fingerprint density at radius 2 is 2.27 bits per heavy atom. The van der Waals surface area contributed by atoms with Gasteiger partial charge in [-0.2, -0.15) is 0 Å². The summed E-state index contributed by atoms with van der Waals surface area (Å²) in [6.07, 6.45) is 0. The molecule has 5 heteroatoms. The van der Waals surface area contributed by atoms with Crippen molar-refractivity contribution in [2.75, 3.05) is 5.75 Å². The first-order valence-corrected chi connectivity index (χ1v) is 4.15. The summed E-state index contributed by atoms with van der Waals surface area (Å²) in [7, 11) is 0. The van der Waals surface area contributed by atoms with Crippen molar-refractivity contribution >= 4 is 17.7 Å². The van der Waals surface area contributed by atoms with E-state index in [1.807, 2.05) is 0 Å². The minimum absolute atomic E-state index is 0.292. The van der Waals surface area contributed by atoms with Gasteiger partial charge in [0.15, 0.2) is 0 Å². The molecular formula is C6H12FNO2S. The third-order valence-corrected chi connectivity index (χ3v) is 2.20. The molecule has 0 aromatic heterocycles. The minimum atomic E-state index is -1.86. The van der Waals surface area contributed by atoms with Crippen LogP contribution in [-0.4, -0.2) is 27.9 Å². The normalized spacial score (nSPS) is 14.5. The van der Waals surface area contributed by atoms with E-state index in [1.54, 1.807) is 13.8 Å². The number of carboxylic acids is 1. The monoisotopic (exact) mass is 181 g/mol. The average Bonchev–Trinajstić information content (AvgIpc) is 1.80. The lowest BCUT2D eigenvalue weighted by Gasteiger charge is -2.17. The summed E-state index contributed by atoms with van der Waals surface area (Å²) >= 11 is 0.700. The third kappa shape index (κ3) is 6.12. The second-order valence-electron chi connectivity index (χ2n) is 2.95. The van der Waals surface area contributed by atoms with Crippen LogP contribution in [-0.2, 0) is 4.79 Å². The van der Waals surface area contributed by atoms with Crippen molar-refractivity contribution in [2.24, 2.45) is 5.73 Å². The van der Waals surface area contributed by atoms with Gasteiger partial charge in [0.05, 0.1) is 0 Å². The van der Waals surface area contributed by atoms with Gasteiger partial charge in [0.25, 0.3) is 0 Å². The predicted octanol–water partition coefficient (Wildman–Crippen LogP) is 0.837. The first-order chi connectivity index (χ1) is 4.83. The number of hydrogen-bond donors (Lipinski definition) is 2. The maximum Gasteiger partial charge on any atom is 0.348 e. The number of alkyl halides is 1. The number of carboxylic acid groups (broad SMARTS) is 1. The molecule has 0 fully saturated rings. The molecule has 3 N–H and O–H groups in total. The van der Waals surface area contributed by atoms with Gasteiger partial charge in [-0.3, -0.25) is 0 Å². The molecule has 0 bridgehead atoms. The van der Waals surface area contributed by atoms with Gasteiger partial charge in [-0.1, -0.05) is 0 Å². The molecule has 0 aromatic rings. The van der Waals surface area contributed by atoms with E-state index < -0.39 is 17.0 Å². The minimum Gasteiger partial charge on any atom is -0.478 e. The average molecular weight is 181 g/mol. The third-order valence-electron chi connectivity index (χ3n) is 0.796. The van der Waals surface area contributed by atoms with Crippen molar-refractivity contribution in [2.45, 2.75) is 24.9 Å². The highest BCUT2D eigenvalue weighted by molar-refractivity contribution is 8.00. The van der Waals surface area contributed by atoms with Gasteiger partial charge in [0.2, 0.25) is 5.50 Å². The van der Waals surface area contributed by atoms with Crippen LogP contribution < -0.4 is 5.73 Å². The fourth-order valence-corrected chi connectivity index (χ4v) is 1.08. The molecule has 0 rings (SSSR count). The highest BCUT2D eigenvalue weighted by Crippen LogP contribution is 2.17. The Labute approximate surface area is 69.1 Å². The van der Waals surface area contributed by atoms with Crippen molar-refractivity contribution < 1.29 is 14.3 Å². The van der Waals surface area contributed by atoms with Gasteiger partial charge >= 0.3 is 5.97 Å². The van der Waals surface area contributed by atoms with Gasteiger partial charge in [-0.05, 0) is 13.8 Å². The predicted molar refractivity (Wildman–Crippen MR) is 43.3 cm³/mol. The lowest BCUT2D eigenvalue weighted by molar-refractivity contribution is -0.139. The van der Waals surface area contributed by atoms with E-state index in [2.05, 4.69) is 0 Å². The van der Waals surface area contributed by atoms with Crippen LogP contribution in [0.2, 0.25) is 0 Å². The Hall–Kier alpha value is -0.290. The molecule has 0 heterocycles. The SMILES string of the molecule is CC(C)(N)CSC(F)C(=O)O. The zero-order chi connectivity index (χ0) is 9.07. The van der Waals surface area contributed by atoms with E-state index in [0.717, 1.165) is 0 Å². The van der Waals surface area contributed by atoms with Crippen molar-refractivity contribution in [1.82, 2.24) is 0 Å². The molecule has 0 aliphatic heterocycles. The second-order valence-corrected chi connectivity index (χ2v) is 3.99. The van der Waals surface area contributed by atoms with Crippen LogP contribution in [0.4, 0.5) is 4.39 Å². The van der Waals surface area contributed by atoms with E-state index >= 15 is 0 Å². The Bertz CT molecular complexity index is 146. The molecule has 0 spiro atoms. The molecule has 0 aliphatic carbocycles. The molecular weight excluding hydrogens is 169 g/mol. The number of rotatable bonds is 4. The first kappa shape index (κ1) is 10.7. The van der Waals surface area contributed by atoms with E-state index in [0.29, 0.717) is 17.5 Å². The fraction of sp³-hybridized carbons (Fsp3) is 0.833. The largest absolute Gasteiger partial charge is 0.478 e. The van der Waals surface area contributed by atoms with Crippen LogP contribution in [0.25, 0.3) is 0 Å². The number of nitrogens with two attached hydrogens (primary N) is 1. The first-order valence-electron chi connectivity index (χ1n) is 3.10. The number of hydrogen-bond acceptors (Lipinski definition) is 3. The van der Waals surface area contributed by atoms with Gasteiger partial charge in [0.1, 0.15) is 0 Å².